The minimum Gasteiger partial charge on any atom is -0.456 e. The number of ether oxygens (including phenoxy) is 2. The molecule has 1 aromatic carbocycles. The predicted octanol–water partition coefficient (Wildman–Crippen LogP) is 1.76. The largest absolute Gasteiger partial charge is 0.456 e. The van der Waals surface area contributed by atoms with Gasteiger partial charge in [0.25, 0.3) is 5.91 Å². The van der Waals surface area contributed by atoms with Gasteiger partial charge in [-0.15, -0.1) is 0 Å². The summed E-state index contributed by atoms with van der Waals surface area (Å²) in [4.78, 5) is 46.8. The average Bonchev–Trinajstić information content (AvgIpc) is 2.58. The highest BCUT2D eigenvalue weighted by Crippen LogP contribution is 2.06. The van der Waals surface area contributed by atoms with Crippen LogP contribution in [0.1, 0.15) is 39.7 Å². The quantitative estimate of drug-likeness (QED) is 0.620. The number of ketones is 1. The Labute approximate surface area is 165 Å². The maximum absolute atomic E-state index is 12.0. The number of rotatable bonds is 9. The molecule has 0 spiro atoms. The van der Waals surface area contributed by atoms with Crippen LogP contribution in [-0.4, -0.2) is 48.5 Å². The normalized spacial score (nSPS) is 11.9. The van der Waals surface area contributed by atoms with Gasteiger partial charge in [0, 0.05) is 6.54 Å². The van der Waals surface area contributed by atoms with Gasteiger partial charge in [-0.1, -0.05) is 30.3 Å². The summed E-state index contributed by atoms with van der Waals surface area (Å²) in [5, 5.41) is 4.99. The molecule has 2 N–H and O–H groups in total. The van der Waals surface area contributed by atoms with Gasteiger partial charge in [0.05, 0.1) is 12.5 Å². The van der Waals surface area contributed by atoms with E-state index in [0.29, 0.717) is 6.42 Å². The van der Waals surface area contributed by atoms with Gasteiger partial charge in [0.2, 0.25) is 0 Å². The standard InChI is InChI=1S/C20H28N2O6/c1-14(23)16(12-15-8-6-5-7-9-15)22-17(24)13-27-18(25)10-11-21-19(26)28-20(2,3)4/h5-9,16H,10-13H2,1-4H3,(H,21,26)(H,22,24). The third-order valence-electron chi connectivity index (χ3n) is 3.47. The first kappa shape index (κ1) is 23.1. The molecule has 8 nitrogen and oxygen atoms in total. The SMILES string of the molecule is CC(=O)C(Cc1ccccc1)NC(=O)COC(=O)CCNC(=O)OC(C)(C)C. The molecule has 1 aromatic rings. The predicted molar refractivity (Wildman–Crippen MR) is 103 cm³/mol. The zero-order valence-corrected chi connectivity index (χ0v) is 16.7. The summed E-state index contributed by atoms with van der Waals surface area (Å²) in [5.41, 5.74) is 0.281. The molecule has 1 rings (SSSR count). The van der Waals surface area contributed by atoms with Crippen molar-refractivity contribution >= 4 is 23.8 Å². The Morgan fingerprint density at radius 1 is 1.07 bits per heavy atom. The molecule has 28 heavy (non-hydrogen) atoms. The fourth-order valence-corrected chi connectivity index (χ4v) is 2.18. The van der Waals surface area contributed by atoms with E-state index in [4.69, 9.17) is 9.47 Å². The molecule has 0 saturated heterocycles. The molecule has 0 fully saturated rings. The maximum atomic E-state index is 12.0. The van der Waals surface area contributed by atoms with Crippen LogP contribution in [0.4, 0.5) is 4.79 Å². The minimum atomic E-state index is -0.692. The van der Waals surface area contributed by atoms with Crippen LogP contribution in [0.25, 0.3) is 0 Å². The zero-order valence-electron chi connectivity index (χ0n) is 16.7. The third kappa shape index (κ3) is 10.3. The highest BCUT2D eigenvalue weighted by molar-refractivity contribution is 5.88. The molecule has 0 aliphatic heterocycles. The summed E-state index contributed by atoms with van der Waals surface area (Å²) in [6, 6.07) is 8.59. The molecule has 8 heteroatoms. The van der Waals surface area contributed by atoms with E-state index in [2.05, 4.69) is 10.6 Å². The Bertz CT molecular complexity index is 682. The Hall–Kier alpha value is -2.90. The molecule has 154 valence electrons. The van der Waals surface area contributed by atoms with Gasteiger partial charge in [0.1, 0.15) is 5.60 Å². The summed E-state index contributed by atoms with van der Waals surface area (Å²) in [6.07, 6.45) is -0.384. The van der Waals surface area contributed by atoms with E-state index < -0.39 is 36.2 Å². The van der Waals surface area contributed by atoms with Crippen LogP contribution in [-0.2, 0) is 30.3 Å². The number of carbonyl (C=O) groups is 4. The van der Waals surface area contributed by atoms with Crippen molar-refractivity contribution in [2.24, 2.45) is 0 Å². The highest BCUT2D eigenvalue weighted by Gasteiger charge is 2.19. The molecular weight excluding hydrogens is 364 g/mol. The lowest BCUT2D eigenvalue weighted by Gasteiger charge is -2.19. The van der Waals surface area contributed by atoms with Crippen molar-refractivity contribution in [3.8, 4) is 0 Å². The van der Waals surface area contributed by atoms with E-state index in [9.17, 15) is 19.2 Å². The second-order valence-electron chi connectivity index (χ2n) is 7.26. The molecule has 0 aromatic heterocycles. The fraction of sp³-hybridized carbons (Fsp3) is 0.500. The van der Waals surface area contributed by atoms with Crippen LogP contribution in [0.2, 0.25) is 0 Å². The first-order chi connectivity index (χ1) is 13.1. The lowest BCUT2D eigenvalue weighted by Crippen LogP contribution is -2.43. The fourth-order valence-electron chi connectivity index (χ4n) is 2.18. The number of esters is 1. The van der Waals surface area contributed by atoms with Crippen LogP contribution in [0.15, 0.2) is 30.3 Å². The number of alkyl carbamates (subject to hydrolysis) is 1. The van der Waals surface area contributed by atoms with Crippen LogP contribution in [0, 0.1) is 0 Å². The molecule has 0 radical (unpaired) electrons. The van der Waals surface area contributed by atoms with Crippen LogP contribution in [0.5, 0.6) is 0 Å². The number of hydrogen-bond donors (Lipinski definition) is 2. The van der Waals surface area contributed by atoms with E-state index in [1.165, 1.54) is 6.92 Å². The highest BCUT2D eigenvalue weighted by atomic mass is 16.6. The number of Topliss-reactive ketones (excluding diaryl/α,β-unsaturated/α-hetero) is 1. The Balaban J connectivity index is 2.32. The van der Waals surface area contributed by atoms with E-state index in [1.807, 2.05) is 30.3 Å². The van der Waals surface area contributed by atoms with Gasteiger partial charge in [-0.25, -0.2) is 4.79 Å². The Morgan fingerprint density at radius 3 is 2.29 bits per heavy atom. The van der Waals surface area contributed by atoms with Crippen molar-refractivity contribution < 1.29 is 28.7 Å². The number of nitrogens with one attached hydrogen (secondary N) is 2. The van der Waals surface area contributed by atoms with Gasteiger partial charge < -0.3 is 20.1 Å². The summed E-state index contributed by atoms with van der Waals surface area (Å²) >= 11 is 0. The first-order valence-corrected chi connectivity index (χ1v) is 9.03. The summed E-state index contributed by atoms with van der Waals surface area (Å²) < 4.78 is 9.90. The zero-order chi connectivity index (χ0) is 21.2. The van der Waals surface area contributed by atoms with Crippen LogP contribution < -0.4 is 10.6 Å². The van der Waals surface area contributed by atoms with Gasteiger partial charge in [-0.2, -0.15) is 0 Å². The van der Waals surface area contributed by atoms with Crippen molar-refractivity contribution in [2.45, 2.75) is 52.2 Å². The van der Waals surface area contributed by atoms with E-state index >= 15 is 0 Å². The molecule has 0 aliphatic rings. The number of amides is 2. The number of benzene rings is 1. The molecule has 2 amide bonds. The lowest BCUT2D eigenvalue weighted by atomic mass is 10.0. The summed E-state index contributed by atoms with van der Waals surface area (Å²) in [6.45, 7) is 6.11. The summed E-state index contributed by atoms with van der Waals surface area (Å²) in [5.74, 6) is -1.40. The van der Waals surface area contributed by atoms with Crippen molar-refractivity contribution in [1.29, 1.82) is 0 Å². The van der Waals surface area contributed by atoms with Crippen molar-refractivity contribution in [1.82, 2.24) is 10.6 Å². The molecule has 0 aliphatic carbocycles. The van der Waals surface area contributed by atoms with Crippen LogP contribution in [0.3, 0.4) is 0 Å². The monoisotopic (exact) mass is 392 g/mol. The lowest BCUT2D eigenvalue weighted by molar-refractivity contribution is -0.148. The molecule has 0 heterocycles. The maximum Gasteiger partial charge on any atom is 0.407 e. The molecule has 0 bridgehead atoms. The Kier molecular flexibility index (Phi) is 9.14. The van der Waals surface area contributed by atoms with Gasteiger partial charge in [-0.3, -0.25) is 14.4 Å². The van der Waals surface area contributed by atoms with E-state index in [1.54, 1.807) is 20.8 Å². The molecular formula is C20H28N2O6. The van der Waals surface area contributed by atoms with Crippen molar-refractivity contribution in [3.63, 3.8) is 0 Å². The average molecular weight is 392 g/mol. The van der Waals surface area contributed by atoms with E-state index in [-0.39, 0.29) is 18.7 Å². The van der Waals surface area contributed by atoms with Crippen molar-refractivity contribution in [2.75, 3.05) is 13.2 Å². The topological polar surface area (TPSA) is 111 Å². The number of hydrogen-bond acceptors (Lipinski definition) is 6. The summed E-state index contributed by atoms with van der Waals surface area (Å²) in [7, 11) is 0. The second-order valence-corrected chi connectivity index (χ2v) is 7.26. The molecule has 0 saturated carbocycles. The third-order valence-corrected chi connectivity index (χ3v) is 3.47. The minimum absolute atomic E-state index is 0.0272. The first-order valence-electron chi connectivity index (χ1n) is 9.03. The Morgan fingerprint density at radius 2 is 1.71 bits per heavy atom. The second kappa shape index (κ2) is 11.1. The molecule has 1 atom stereocenters. The van der Waals surface area contributed by atoms with Gasteiger partial charge in [0.15, 0.2) is 12.4 Å². The smallest absolute Gasteiger partial charge is 0.407 e. The van der Waals surface area contributed by atoms with Gasteiger partial charge >= 0.3 is 12.1 Å². The number of carbonyl (C=O) groups excluding carboxylic acids is 4. The van der Waals surface area contributed by atoms with E-state index in [0.717, 1.165) is 5.56 Å². The molecule has 1 unspecified atom stereocenters. The van der Waals surface area contributed by atoms with Crippen molar-refractivity contribution in [3.05, 3.63) is 35.9 Å². The van der Waals surface area contributed by atoms with Gasteiger partial charge in [-0.05, 0) is 39.7 Å². The van der Waals surface area contributed by atoms with Crippen LogP contribution >= 0.6 is 0 Å².